The molecule has 0 amide bonds. The smallest absolute Gasteiger partial charge is 0.244 e. The van der Waals surface area contributed by atoms with Gasteiger partial charge in [-0.3, -0.25) is 0 Å². The summed E-state index contributed by atoms with van der Waals surface area (Å²) in [5.41, 5.74) is 0. The number of hydrogen-bond acceptors (Lipinski definition) is 1. The predicted molar refractivity (Wildman–Crippen MR) is 63.0 cm³/mol. The Morgan fingerprint density at radius 3 is 2.94 bits per heavy atom. The SMILES string of the molecule is CCCC[n+]1ccn([C@H]2CCCC[C@@H]2O)c1. The van der Waals surface area contributed by atoms with Gasteiger partial charge in [-0.05, 0) is 25.7 Å². The summed E-state index contributed by atoms with van der Waals surface area (Å²) in [6, 6.07) is 0.302. The fraction of sp³-hybridized carbons (Fsp3) is 0.769. The minimum atomic E-state index is -0.152. The number of rotatable bonds is 4. The van der Waals surface area contributed by atoms with Crippen LogP contribution < -0.4 is 4.57 Å². The van der Waals surface area contributed by atoms with Gasteiger partial charge in [-0.2, -0.15) is 0 Å². The Bertz CT molecular complexity index is 321. The molecule has 1 fully saturated rings. The molecule has 16 heavy (non-hydrogen) atoms. The molecular weight excluding hydrogens is 200 g/mol. The van der Waals surface area contributed by atoms with Crippen molar-refractivity contribution >= 4 is 0 Å². The summed E-state index contributed by atoms with van der Waals surface area (Å²) in [5, 5.41) is 9.98. The van der Waals surface area contributed by atoms with Crippen LogP contribution in [0, 0.1) is 0 Å². The van der Waals surface area contributed by atoms with E-state index < -0.39 is 0 Å². The van der Waals surface area contributed by atoms with Crippen LogP contribution in [0.5, 0.6) is 0 Å². The Morgan fingerprint density at radius 1 is 1.38 bits per heavy atom. The van der Waals surface area contributed by atoms with E-state index in [4.69, 9.17) is 0 Å². The fourth-order valence-electron chi connectivity index (χ4n) is 2.52. The average Bonchev–Trinajstić information content (AvgIpc) is 2.75. The van der Waals surface area contributed by atoms with Gasteiger partial charge in [0.2, 0.25) is 6.33 Å². The molecule has 90 valence electrons. The third-order valence-electron chi connectivity index (χ3n) is 3.56. The van der Waals surface area contributed by atoms with Gasteiger partial charge < -0.3 is 5.11 Å². The monoisotopic (exact) mass is 223 g/mol. The fourth-order valence-corrected chi connectivity index (χ4v) is 2.52. The van der Waals surface area contributed by atoms with Crippen molar-refractivity contribution in [2.45, 2.75) is 64.1 Å². The highest BCUT2D eigenvalue weighted by Gasteiger charge is 2.28. The maximum Gasteiger partial charge on any atom is 0.244 e. The van der Waals surface area contributed by atoms with E-state index >= 15 is 0 Å². The zero-order valence-corrected chi connectivity index (χ0v) is 10.2. The molecule has 1 heterocycles. The first kappa shape index (κ1) is 11.6. The molecule has 1 saturated carbocycles. The first-order chi connectivity index (χ1) is 7.81. The molecule has 1 aromatic rings. The lowest BCUT2D eigenvalue weighted by Crippen LogP contribution is -2.33. The van der Waals surface area contributed by atoms with Crippen molar-refractivity contribution in [1.29, 1.82) is 0 Å². The van der Waals surface area contributed by atoms with Crippen LogP contribution in [0.2, 0.25) is 0 Å². The number of aryl methyl sites for hydroxylation is 1. The number of unbranched alkanes of at least 4 members (excludes halogenated alkanes) is 1. The van der Waals surface area contributed by atoms with E-state index in [2.05, 4.69) is 34.8 Å². The molecule has 1 aromatic heterocycles. The molecule has 0 aromatic carbocycles. The summed E-state index contributed by atoms with van der Waals surface area (Å²) in [7, 11) is 0. The molecule has 2 rings (SSSR count). The van der Waals surface area contributed by atoms with Crippen LogP contribution in [-0.4, -0.2) is 15.8 Å². The lowest BCUT2D eigenvalue weighted by atomic mass is 9.92. The van der Waals surface area contributed by atoms with Crippen molar-refractivity contribution in [3.63, 3.8) is 0 Å². The predicted octanol–water partition coefficient (Wildman–Crippen LogP) is 2.05. The highest BCUT2D eigenvalue weighted by atomic mass is 16.3. The summed E-state index contributed by atoms with van der Waals surface area (Å²) < 4.78 is 4.42. The van der Waals surface area contributed by atoms with E-state index in [9.17, 15) is 5.11 Å². The van der Waals surface area contributed by atoms with Crippen molar-refractivity contribution in [2.24, 2.45) is 0 Å². The third-order valence-corrected chi connectivity index (χ3v) is 3.56. The van der Waals surface area contributed by atoms with Gasteiger partial charge in [0.1, 0.15) is 18.4 Å². The van der Waals surface area contributed by atoms with Crippen molar-refractivity contribution in [3.05, 3.63) is 18.7 Å². The van der Waals surface area contributed by atoms with Crippen molar-refractivity contribution in [1.82, 2.24) is 4.57 Å². The van der Waals surface area contributed by atoms with E-state index in [1.54, 1.807) is 0 Å². The number of hydrogen-bond donors (Lipinski definition) is 1. The molecule has 1 aliphatic rings. The van der Waals surface area contributed by atoms with E-state index in [1.165, 1.54) is 25.7 Å². The molecule has 0 aliphatic heterocycles. The van der Waals surface area contributed by atoms with Gasteiger partial charge in [0.05, 0.1) is 12.6 Å². The third kappa shape index (κ3) is 2.64. The van der Waals surface area contributed by atoms with Crippen LogP contribution in [-0.2, 0) is 6.54 Å². The molecule has 3 heteroatoms. The van der Waals surface area contributed by atoms with Gasteiger partial charge in [0.25, 0.3) is 0 Å². The quantitative estimate of drug-likeness (QED) is 0.778. The number of aliphatic hydroxyl groups is 1. The Balaban J connectivity index is 1.99. The van der Waals surface area contributed by atoms with Gasteiger partial charge in [-0.25, -0.2) is 9.13 Å². The summed E-state index contributed by atoms with van der Waals surface area (Å²) in [6.07, 6.45) is 13.2. The number of imidazole rings is 1. The summed E-state index contributed by atoms with van der Waals surface area (Å²) in [6.45, 7) is 3.30. The zero-order valence-electron chi connectivity index (χ0n) is 10.2. The number of aromatic nitrogens is 2. The van der Waals surface area contributed by atoms with E-state index in [-0.39, 0.29) is 6.10 Å². The molecular formula is C13H23N2O+. The van der Waals surface area contributed by atoms with Gasteiger partial charge >= 0.3 is 0 Å². The maximum absolute atomic E-state index is 9.98. The average molecular weight is 223 g/mol. The number of aliphatic hydroxyl groups excluding tert-OH is 1. The molecule has 3 nitrogen and oxygen atoms in total. The largest absolute Gasteiger partial charge is 0.389 e. The van der Waals surface area contributed by atoms with Crippen LogP contribution in [0.3, 0.4) is 0 Å². The summed E-state index contributed by atoms with van der Waals surface area (Å²) in [5.74, 6) is 0. The van der Waals surface area contributed by atoms with Crippen molar-refractivity contribution < 1.29 is 9.67 Å². The second-order valence-corrected chi connectivity index (χ2v) is 4.87. The summed E-state index contributed by atoms with van der Waals surface area (Å²) >= 11 is 0. The van der Waals surface area contributed by atoms with Crippen molar-refractivity contribution in [2.75, 3.05) is 0 Å². The van der Waals surface area contributed by atoms with E-state index in [1.807, 2.05) is 0 Å². The topological polar surface area (TPSA) is 29.0 Å². The Kier molecular flexibility index (Phi) is 3.99. The maximum atomic E-state index is 9.98. The number of nitrogens with zero attached hydrogens (tertiary/aromatic N) is 2. The molecule has 2 atom stereocenters. The zero-order chi connectivity index (χ0) is 11.4. The normalized spacial score (nSPS) is 25.9. The molecule has 1 N–H and O–H groups in total. The molecule has 0 radical (unpaired) electrons. The second kappa shape index (κ2) is 5.48. The second-order valence-electron chi connectivity index (χ2n) is 4.87. The Morgan fingerprint density at radius 2 is 2.19 bits per heavy atom. The van der Waals surface area contributed by atoms with E-state index in [0.717, 1.165) is 19.4 Å². The molecule has 0 saturated heterocycles. The van der Waals surface area contributed by atoms with Crippen molar-refractivity contribution in [3.8, 4) is 0 Å². The first-order valence-electron chi connectivity index (χ1n) is 6.56. The Labute approximate surface area is 97.7 Å². The van der Waals surface area contributed by atoms with Gasteiger partial charge in [-0.1, -0.05) is 19.8 Å². The van der Waals surface area contributed by atoms with Crippen LogP contribution >= 0.6 is 0 Å². The van der Waals surface area contributed by atoms with Crippen LogP contribution in [0.25, 0.3) is 0 Å². The lowest BCUT2D eigenvalue weighted by Gasteiger charge is -2.24. The van der Waals surface area contributed by atoms with Gasteiger partial charge in [0.15, 0.2) is 0 Å². The van der Waals surface area contributed by atoms with E-state index in [0.29, 0.717) is 6.04 Å². The van der Waals surface area contributed by atoms with Gasteiger partial charge in [-0.15, -0.1) is 0 Å². The van der Waals surface area contributed by atoms with Crippen LogP contribution in [0.1, 0.15) is 51.5 Å². The highest BCUT2D eigenvalue weighted by Crippen LogP contribution is 2.27. The lowest BCUT2D eigenvalue weighted by molar-refractivity contribution is -0.697. The summed E-state index contributed by atoms with van der Waals surface area (Å²) in [4.78, 5) is 0. The molecule has 1 aliphatic carbocycles. The van der Waals surface area contributed by atoms with Crippen LogP contribution in [0.15, 0.2) is 18.7 Å². The molecule has 0 spiro atoms. The Hall–Kier alpha value is -0.830. The first-order valence-corrected chi connectivity index (χ1v) is 6.56. The molecule has 0 bridgehead atoms. The van der Waals surface area contributed by atoms with Crippen LogP contribution in [0.4, 0.5) is 0 Å². The van der Waals surface area contributed by atoms with Gasteiger partial charge in [0, 0.05) is 0 Å². The minimum absolute atomic E-state index is 0.152. The standard InChI is InChI=1S/C13H23N2O/c1-2-3-8-14-9-10-15(11-14)12-6-4-5-7-13(12)16/h9-13,16H,2-8H2,1H3/q+1/t12-,13-/m0/s1. The molecule has 0 unspecified atom stereocenters. The minimum Gasteiger partial charge on any atom is -0.389 e. The highest BCUT2D eigenvalue weighted by molar-refractivity contribution is 4.83.